The van der Waals surface area contributed by atoms with Gasteiger partial charge in [-0.15, -0.1) is 0 Å². The molecule has 4 nitrogen and oxygen atoms in total. The number of benzene rings is 3. The van der Waals surface area contributed by atoms with E-state index in [-0.39, 0.29) is 0 Å². The van der Waals surface area contributed by atoms with Gasteiger partial charge in [0.25, 0.3) is 0 Å². The summed E-state index contributed by atoms with van der Waals surface area (Å²) >= 11 is 12.5. The van der Waals surface area contributed by atoms with Crippen molar-refractivity contribution in [1.82, 2.24) is 4.90 Å². The second-order valence-corrected chi connectivity index (χ2v) is 8.20. The fourth-order valence-electron chi connectivity index (χ4n) is 3.92. The number of methoxy groups -OCH3 is 1. The first-order chi connectivity index (χ1) is 14.6. The van der Waals surface area contributed by atoms with Crippen molar-refractivity contribution in [2.75, 3.05) is 44.7 Å². The fourth-order valence-corrected chi connectivity index (χ4v) is 4.31. The Hall–Kier alpha value is -2.14. The average molecular weight is 445 g/mol. The van der Waals surface area contributed by atoms with Crippen molar-refractivity contribution >= 4 is 39.7 Å². The van der Waals surface area contributed by atoms with E-state index >= 15 is 0 Å². The van der Waals surface area contributed by atoms with Crippen molar-refractivity contribution in [3.05, 3.63) is 64.1 Å². The number of anilines is 1. The maximum atomic E-state index is 6.36. The van der Waals surface area contributed by atoms with Gasteiger partial charge in [0, 0.05) is 54.3 Å². The quantitative estimate of drug-likeness (QED) is 0.474. The van der Waals surface area contributed by atoms with Crippen LogP contribution in [0.25, 0.3) is 10.8 Å². The van der Waals surface area contributed by atoms with Crippen LogP contribution in [0.5, 0.6) is 11.5 Å². The molecule has 158 valence electrons. The standard InChI is InChI=1S/C24H26Cl2N2O2/c1-3-27-11-13-28(14-12-27)18-8-7-17(23(15-18)29-2)16-30-22-6-4-5-20-19(22)9-10-21(25)24(20)26/h4-10,15H,3,11-14,16H2,1-2H3. The maximum absolute atomic E-state index is 6.36. The molecular formula is C24H26Cl2N2O2. The molecule has 3 aromatic rings. The van der Waals surface area contributed by atoms with E-state index in [2.05, 4.69) is 34.9 Å². The molecule has 0 aromatic heterocycles. The van der Waals surface area contributed by atoms with Gasteiger partial charge in [-0.1, -0.05) is 42.3 Å². The second-order valence-electron chi connectivity index (χ2n) is 7.42. The van der Waals surface area contributed by atoms with Gasteiger partial charge in [-0.25, -0.2) is 0 Å². The number of ether oxygens (including phenoxy) is 2. The minimum Gasteiger partial charge on any atom is -0.496 e. The Kier molecular flexibility index (Phi) is 6.57. The van der Waals surface area contributed by atoms with Gasteiger partial charge in [-0.05, 0) is 36.9 Å². The van der Waals surface area contributed by atoms with Crippen LogP contribution < -0.4 is 14.4 Å². The van der Waals surface area contributed by atoms with Crippen molar-refractivity contribution in [2.45, 2.75) is 13.5 Å². The van der Waals surface area contributed by atoms with Crippen LogP contribution in [0, 0.1) is 0 Å². The molecule has 6 heteroatoms. The van der Waals surface area contributed by atoms with Crippen molar-refractivity contribution in [3.8, 4) is 11.5 Å². The molecule has 0 unspecified atom stereocenters. The van der Waals surface area contributed by atoms with E-state index in [0.29, 0.717) is 16.7 Å². The van der Waals surface area contributed by atoms with Crippen LogP contribution >= 0.6 is 23.2 Å². The predicted molar refractivity (Wildman–Crippen MR) is 126 cm³/mol. The highest BCUT2D eigenvalue weighted by molar-refractivity contribution is 6.45. The Labute approximate surface area is 187 Å². The molecule has 1 aliphatic heterocycles. The van der Waals surface area contributed by atoms with E-state index in [1.807, 2.05) is 24.3 Å². The van der Waals surface area contributed by atoms with Gasteiger partial charge >= 0.3 is 0 Å². The van der Waals surface area contributed by atoms with E-state index in [4.69, 9.17) is 32.7 Å². The lowest BCUT2D eigenvalue weighted by molar-refractivity contribution is 0.271. The molecule has 3 aromatic carbocycles. The largest absolute Gasteiger partial charge is 0.496 e. The third-order valence-electron chi connectivity index (χ3n) is 5.75. The van der Waals surface area contributed by atoms with Gasteiger partial charge < -0.3 is 19.3 Å². The smallest absolute Gasteiger partial charge is 0.127 e. The third-order valence-corrected chi connectivity index (χ3v) is 6.57. The lowest BCUT2D eigenvalue weighted by Crippen LogP contribution is -2.46. The number of likely N-dealkylation sites (N-methyl/N-ethyl adjacent to an activating group) is 1. The molecule has 30 heavy (non-hydrogen) atoms. The van der Waals surface area contributed by atoms with Crippen molar-refractivity contribution in [1.29, 1.82) is 0 Å². The SMILES string of the molecule is CCN1CCN(c2ccc(COc3cccc4c(Cl)c(Cl)ccc34)c(OC)c2)CC1. The van der Waals surface area contributed by atoms with Crippen molar-refractivity contribution in [2.24, 2.45) is 0 Å². The van der Waals surface area contributed by atoms with Crippen molar-refractivity contribution < 1.29 is 9.47 Å². The van der Waals surface area contributed by atoms with Crippen LogP contribution in [0.1, 0.15) is 12.5 Å². The van der Waals surface area contributed by atoms with E-state index in [9.17, 15) is 0 Å². The van der Waals surface area contributed by atoms with Crippen LogP contribution in [0.15, 0.2) is 48.5 Å². The topological polar surface area (TPSA) is 24.9 Å². The Morgan fingerprint density at radius 1 is 0.900 bits per heavy atom. The Morgan fingerprint density at radius 2 is 1.70 bits per heavy atom. The molecule has 1 heterocycles. The number of fused-ring (bicyclic) bond motifs is 1. The van der Waals surface area contributed by atoms with Gasteiger partial charge in [0.1, 0.15) is 18.1 Å². The van der Waals surface area contributed by atoms with E-state index in [0.717, 1.165) is 60.6 Å². The van der Waals surface area contributed by atoms with Gasteiger partial charge in [0.05, 0.1) is 17.2 Å². The van der Waals surface area contributed by atoms with Crippen molar-refractivity contribution in [3.63, 3.8) is 0 Å². The summed E-state index contributed by atoms with van der Waals surface area (Å²) in [6.45, 7) is 7.99. The third kappa shape index (κ3) is 4.31. The minimum absolute atomic E-state index is 0.409. The highest BCUT2D eigenvalue weighted by atomic mass is 35.5. The van der Waals surface area contributed by atoms with Crippen LogP contribution in [0.2, 0.25) is 10.0 Å². The molecule has 0 bridgehead atoms. The van der Waals surface area contributed by atoms with Crippen LogP contribution in [0.4, 0.5) is 5.69 Å². The molecular weight excluding hydrogens is 419 g/mol. The van der Waals surface area contributed by atoms with E-state index < -0.39 is 0 Å². The molecule has 1 aliphatic rings. The zero-order valence-electron chi connectivity index (χ0n) is 17.3. The molecule has 0 radical (unpaired) electrons. The molecule has 1 saturated heterocycles. The lowest BCUT2D eigenvalue weighted by atomic mass is 10.1. The summed E-state index contributed by atoms with van der Waals surface area (Å²) in [5.74, 6) is 1.61. The first-order valence-electron chi connectivity index (χ1n) is 10.2. The summed E-state index contributed by atoms with van der Waals surface area (Å²) in [4.78, 5) is 4.88. The van der Waals surface area contributed by atoms with Gasteiger partial charge in [-0.2, -0.15) is 0 Å². The number of nitrogens with zero attached hydrogens (tertiary/aromatic N) is 2. The molecule has 0 atom stereocenters. The Bertz CT molecular complexity index is 1030. The number of rotatable bonds is 6. The first kappa shape index (κ1) is 21.1. The molecule has 0 saturated carbocycles. The maximum Gasteiger partial charge on any atom is 0.127 e. The molecule has 1 fully saturated rings. The molecule has 0 aliphatic carbocycles. The number of halogens is 2. The number of hydrogen-bond acceptors (Lipinski definition) is 4. The highest BCUT2D eigenvalue weighted by Crippen LogP contribution is 2.36. The van der Waals surface area contributed by atoms with Crippen LogP contribution in [-0.4, -0.2) is 44.7 Å². The predicted octanol–water partition coefficient (Wildman–Crippen LogP) is 5.88. The van der Waals surface area contributed by atoms with Crippen LogP contribution in [-0.2, 0) is 6.61 Å². The van der Waals surface area contributed by atoms with Gasteiger partial charge in [0.2, 0.25) is 0 Å². The Balaban J connectivity index is 1.52. The van der Waals surface area contributed by atoms with E-state index in [1.54, 1.807) is 13.2 Å². The molecule has 0 N–H and O–H groups in total. The fraction of sp³-hybridized carbons (Fsp3) is 0.333. The first-order valence-corrected chi connectivity index (χ1v) is 11.0. The lowest BCUT2D eigenvalue weighted by Gasteiger charge is -2.35. The van der Waals surface area contributed by atoms with Crippen LogP contribution in [0.3, 0.4) is 0 Å². The van der Waals surface area contributed by atoms with Gasteiger partial charge in [0.15, 0.2) is 0 Å². The number of piperazine rings is 1. The normalized spacial score (nSPS) is 14.9. The average Bonchev–Trinajstić information content (AvgIpc) is 2.80. The number of hydrogen-bond donors (Lipinski definition) is 0. The van der Waals surface area contributed by atoms with Gasteiger partial charge in [-0.3, -0.25) is 0 Å². The van der Waals surface area contributed by atoms with E-state index in [1.165, 1.54) is 5.69 Å². The molecule has 0 amide bonds. The monoisotopic (exact) mass is 444 g/mol. The zero-order valence-corrected chi connectivity index (χ0v) is 18.8. The second kappa shape index (κ2) is 9.34. The summed E-state index contributed by atoms with van der Waals surface area (Å²) in [6, 6.07) is 15.9. The Morgan fingerprint density at radius 3 is 2.43 bits per heavy atom. The molecule has 0 spiro atoms. The summed E-state index contributed by atoms with van der Waals surface area (Å²) in [6.07, 6.45) is 0. The highest BCUT2D eigenvalue weighted by Gasteiger charge is 2.17. The molecule has 4 rings (SSSR count). The summed E-state index contributed by atoms with van der Waals surface area (Å²) in [5, 5.41) is 2.91. The summed E-state index contributed by atoms with van der Waals surface area (Å²) < 4.78 is 11.8. The summed E-state index contributed by atoms with van der Waals surface area (Å²) in [7, 11) is 1.71. The zero-order chi connectivity index (χ0) is 21.1. The minimum atomic E-state index is 0.409. The summed E-state index contributed by atoms with van der Waals surface area (Å²) in [5.41, 5.74) is 2.20.